The first kappa shape index (κ1) is 22.2. The fourth-order valence-electron chi connectivity index (χ4n) is 4.39. The fourth-order valence-corrected chi connectivity index (χ4v) is 4.39. The summed E-state index contributed by atoms with van der Waals surface area (Å²) >= 11 is 0. The number of likely N-dealkylation sites (N-methyl/N-ethyl adjacent to an activating group) is 1. The van der Waals surface area contributed by atoms with E-state index in [1.807, 2.05) is 17.0 Å². The molecule has 2 amide bonds. The molecule has 32 heavy (non-hydrogen) atoms. The van der Waals surface area contributed by atoms with Crippen LogP contribution in [0.2, 0.25) is 0 Å². The van der Waals surface area contributed by atoms with Gasteiger partial charge in [0.25, 0.3) is 5.91 Å². The molecule has 1 heterocycles. The number of hydrogen-bond acceptors (Lipinski definition) is 4. The molecule has 0 unspecified atom stereocenters. The molecule has 1 fully saturated rings. The predicted molar refractivity (Wildman–Crippen MR) is 125 cm³/mol. The number of aryl methyl sites for hydroxylation is 2. The molecule has 6 nitrogen and oxygen atoms in total. The highest BCUT2D eigenvalue weighted by Gasteiger charge is 2.20. The fraction of sp³-hybridized carbons (Fsp3) is 0.423. The molecule has 6 heteroatoms. The van der Waals surface area contributed by atoms with Gasteiger partial charge < -0.3 is 15.1 Å². The van der Waals surface area contributed by atoms with Crippen LogP contribution in [0.1, 0.15) is 57.5 Å². The molecular formula is C26H31N3O3. The third kappa shape index (κ3) is 5.43. The van der Waals surface area contributed by atoms with Gasteiger partial charge in [-0.1, -0.05) is 12.1 Å². The van der Waals surface area contributed by atoms with Crippen LogP contribution in [-0.2, 0) is 17.6 Å². The van der Waals surface area contributed by atoms with Crippen molar-refractivity contribution in [2.75, 3.05) is 38.5 Å². The van der Waals surface area contributed by atoms with Gasteiger partial charge in [0, 0.05) is 55.8 Å². The summed E-state index contributed by atoms with van der Waals surface area (Å²) in [6.07, 6.45) is 4.83. The number of nitrogens with one attached hydrogen (secondary N) is 1. The normalized spacial score (nSPS) is 16.3. The number of Topliss-reactive ketones (excluding diaryl/α,β-unsaturated/α-hetero) is 1. The van der Waals surface area contributed by atoms with Crippen molar-refractivity contribution in [3.8, 4) is 0 Å². The number of carbonyl (C=O) groups is 3. The maximum atomic E-state index is 12.6. The molecule has 168 valence electrons. The first-order chi connectivity index (χ1) is 15.5. The highest BCUT2D eigenvalue weighted by molar-refractivity contribution is 6.00. The van der Waals surface area contributed by atoms with Crippen molar-refractivity contribution in [1.29, 1.82) is 0 Å². The Morgan fingerprint density at radius 2 is 1.47 bits per heavy atom. The van der Waals surface area contributed by atoms with Crippen LogP contribution in [0.15, 0.2) is 42.5 Å². The van der Waals surface area contributed by atoms with Crippen LogP contribution in [0, 0.1) is 0 Å². The molecule has 2 aromatic rings. The van der Waals surface area contributed by atoms with E-state index >= 15 is 0 Å². The minimum absolute atomic E-state index is 0.00152. The predicted octanol–water partition coefficient (Wildman–Crippen LogP) is 3.55. The maximum Gasteiger partial charge on any atom is 0.253 e. The summed E-state index contributed by atoms with van der Waals surface area (Å²) in [7, 11) is 2.06. The van der Waals surface area contributed by atoms with Gasteiger partial charge in [-0.2, -0.15) is 0 Å². The summed E-state index contributed by atoms with van der Waals surface area (Å²) in [5.74, 6) is -0.178. The molecular weight excluding hydrogens is 402 g/mol. The van der Waals surface area contributed by atoms with E-state index in [2.05, 4.69) is 23.3 Å². The minimum Gasteiger partial charge on any atom is -0.336 e. The van der Waals surface area contributed by atoms with E-state index in [9.17, 15) is 14.4 Å². The Hall–Kier alpha value is -2.99. The molecule has 0 saturated carbocycles. The molecule has 0 spiro atoms. The van der Waals surface area contributed by atoms with Gasteiger partial charge in [-0.05, 0) is 74.2 Å². The monoisotopic (exact) mass is 433 g/mol. The SMILES string of the molecule is CN1CCN(C(=O)c2ccc(NC(=O)CCC(=O)c3ccc4c(c3)CCCC4)cc2)CC1. The number of nitrogens with zero attached hydrogens (tertiary/aromatic N) is 2. The Balaban J connectivity index is 1.27. The van der Waals surface area contributed by atoms with Gasteiger partial charge in [0.15, 0.2) is 5.78 Å². The first-order valence-corrected chi connectivity index (χ1v) is 11.5. The van der Waals surface area contributed by atoms with Crippen LogP contribution in [0.25, 0.3) is 0 Å². The molecule has 0 bridgehead atoms. The zero-order valence-corrected chi connectivity index (χ0v) is 18.7. The van der Waals surface area contributed by atoms with E-state index in [-0.39, 0.29) is 30.4 Å². The number of hydrogen-bond donors (Lipinski definition) is 1. The lowest BCUT2D eigenvalue weighted by molar-refractivity contribution is -0.116. The van der Waals surface area contributed by atoms with Crippen molar-refractivity contribution < 1.29 is 14.4 Å². The number of anilines is 1. The van der Waals surface area contributed by atoms with Crippen molar-refractivity contribution in [3.05, 3.63) is 64.7 Å². The molecule has 2 aromatic carbocycles. The second kappa shape index (κ2) is 10.1. The molecule has 0 radical (unpaired) electrons. The molecule has 1 aliphatic carbocycles. The van der Waals surface area contributed by atoms with Crippen LogP contribution in [0.5, 0.6) is 0 Å². The lowest BCUT2D eigenvalue weighted by Crippen LogP contribution is -2.47. The number of carbonyl (C=O) groups excluding carboxylic acids is 3. The molecule has 0 atom stereocenters. The Bertz CT molecular complexity index is 992. The lowest BCUT2D eigenvalue weighted by Gasteiger charge is -2.32. The van der Waals surface area contributed by atoms with Gasteiger partial charge in [-0.25, -0.2) is 0 Å². The van der Waals surface area contributed by atoms with Crippen molar-refractivity contribution in [1.82, 2.24) is 9.80 Å². The van der Waals surface area contributed by atoms with Crippen molar-refractivity contribution in [2.24, 2.45) is 0 Å². The van der Waals surface area contributed by atoms with E-state index in [1.54, 1.807) is 24.3 Å². The Labute approximate surface area is 189 Å². The third-order valence-corrected chi connectivity index (χ3v) is 6.46. The maximum absolute atomic E-state index is 12.6. The number of fused-ring (bicyclic) bond motifs is 1. The van der Waals surface area contributed by atoms with E-state index in [4.69, 9.17) is 0 Å². The van der Waals surface area contributed by atoms with Crippen LogP contribution < -0.4 is 5.32 Å². The summed E-state index contributed by atoms with van der Waals surface area (Å²) in [4.78, 5) is 41.6. The van der Waals surface area contributed by atoms with Crippen LogP contribution in [0.3, 0.4) is 0 Å². The number of benzene rings is 2. The van der Waals surface area contributed by atoms with Gasteiger partial charge in [0.1, 0.15) is 0 Å². The average molecular weight is 434 g/mol. The summed E-state index contributed by atoms with van der Waals surface area (Å²) in [6.45, 7) is 3.21. The third-order valence-electron chi connectivity index (χ3n) is 6.46. The highest BCUT2D eigenvalue weighted by Crippen LogP contribution is 2.23. The average Bonchev–Trinajstić information content (AvgIpc) is 2.82. The second-order valence-electron chi connectivity index (χ2n) is 8.83. The summed E-state index contributed by atoms with van der Waals surface area (Å²) in [5, 5.41) is 2.83. The topological polar surface area (TPSA) is 69.7 Å². The van der Waals surface area contributed by atoms with Gasteiger partial charge >= 0.3 is 0 Å². The minimum atomic E-state index is -0.200. The number of amides is 2. The Morgan fingerprint density at radius 3 is 2.19 bits per heavy atom. The number of ketones is 1. The standard InChI is InChI=1S/C26H31N3O3/c1-28-14-16-29(17-15-28)26(32)20-8-10-23(11-9-20)27-25(31)13-12-24(30)22-7-6-19-4-2-3-5-21(19)18-22/h6-11,18H,2-5,12-17H2,1H3,(H,27,31). The molecule has 1 saturated heterocycles. The van der Waals surface area contributed by atoms with E-state index in [0.717, 1.165) is 39.0 Å². The van der Waals surface area contributed by atoms with Crippen molar-refractivity contribution in [3.63, 3.8) is 0 Å². The first-order valence-electron chi connectivity index (χ1n) is 11.5. The van der Waals surface area contributed by atoms with Gasteiger partial charge in [0.05, 0.1) is 0 Å². The van der Waals surface area contributed by atoms with E-state index < -0.39 is 0 Å². The lowest BCUT2D eigenvalue weighted by atomic mass is 9.89. The molecule has 1 N–H and O–H groups in total. The zero-order chi connectivity index (χ0) is 22.5. The zero-order valence-electron chi connectivity index (χ0n) is 18.7. The second-order valence-corrected chi connectivity index (χ2v) is 8.83. The highest BCUT2D eigenvalue weighted by atomic mass is 16.2. The van der Waals surface area contributed by atoms with Crippen molar-refractivity contribution >= 4 is 23.3 Å². The number of piperazine rings is 1. The molecule has 0 aromatic heterocycles. The summed E-state index contributed by atoms with van der Waals surface area (Å²) in [6, 6.07) is 12.9. The molecule has 2 aliphatic rings. The van der Waals surface area contributed by atoms with Crippen LogP contribution in [-0.4, -0.2) is 60.6 Å². The molecule has 1 aliphatic heterocycles. The van der Waals surface area contributed by atoms with Gasteiger partial charge in [0.2, 0.25) is 5.91 Å². The van der Waals surface area contributed by atoms with Crippen LogP contribution >= 0.6 is 0 Å². The summed E-state index contributed by atoms with van der Waals surface area (Å²) in [5.41, 5.74) is 4.57. The smallest absolute Gasteiger partial charge is 0.253 e. The van der Waals surface area contributed by atoms with Gasteiger partial charge in [-0.3, -0.25) is 14.4 Å². The quantitative estimate of drug-likeness (QED) is 0.708. The van der Waals surface area contributed by atoms with E-state index in [0.29, 0.717) is 16.8 Å². The Morgan fingerprint density at radius 1 is 0.812 bits per heavy atom. The number of rotatable bonds is 6. The summed E-state index contributed by atoms with van der Waals surface area (Å²) < 4.78 is 0. The van der Waals surface area contributed by atoms with Crippen molar-refractivity contribution in [2.45, 2.75) is 38.5 Å². The van der Waals surface area contributed by atoms with Crippen LogP contribution in [0.4, 0.5) is 5.69 Å². The van der Waals surface area contributed by atoms with Gasteiger partial charge in [-0.15, -0.1) is 0 Å². The molecule has 4 rings (SSSR count). The largest absolute Gasteiger partial charge is 0.336 e. The Kier molecular flexibility index (Phi) is 7.00. The van der Waals surface area contributed by atoms with E-state index in [1.165, 1.54) is 24.0 Å².